The standard InChI is InChI=1S/C15H27N5/c1-4-13-14(16-5-2)17-11-18-15(13)19-12-8-7-9-20(6-3)10-12/h11-12H,4-10H2,1-3H3,(H2,16,17,18,19). The van der Waals surface area contributed by atoms with Gasteiger partial charge in [-0.05, 0) is 39.3 Å². The van der Waals surface area contributed by atoms with E-state index in [1.807, 2.05) is 0 Å². The van der Waals surface area contributed by atoms with Gasteiger partial charge in [0.25, 0.3) is 0 Å². The fraction of sp³-hybridized carbons (Fsp3) is 0.733. The van der Waals surface area contributed by atoms with Crippen molar-refractivity contribution < 1.29 is 0 Å². The molecule has 0 aromatic carbocycles. The maximum absolute atomic E-state index is 4.46. The Morgan fingerprint density at radius 1 is 1.25 bits per heavy atom. The highest BCUT2D eigenvalue weighted by Crippen LogP contribution is 2.23. The molecule has 2 rings (SSSR count). The smallest absolute Gasteiger partial charge is 0.134 e. The maximum atomic E-state index is 4.46. The first-order valence-electron chi connectivity index (χ1n) is 7.85. The molecule has 20 heavy (non-hydrogen) atoms. The van der Waals surface area contributed by atoms with Gasteiger partial charge in [-0.1, -0.05) is 13.8 Å². The Hall–Kier alpha value is -1.36. The van der Waals surface area contributed by atoms with Gasteiger partial charge in [0.05, 0.1) is 0 Å². The van der Waals surface area contributed by atoms with E-state index >= 15 is 0 Å². The normalized spacial score (nSPS) is 19.9. The minimum absolute atomic E-state index is 0.498. The molecule has 1 fully saturated rings. The van der Waals surface area contributed by atoms with Gasteiger partial charge in [-0.3, -0.25) is 0 Å². The first-order valence-corrected chi connectivity index (χ1v) is 7.85. The summed E-state index contributed by atoms with van der Waals surface area (Å²) >= 11 is 0. The topological polar surface area (TPSA) is 53.1 Å². The molecule has 0 amide bonds. The SMILES string of the molecule is CCNc1ncnc(NC2CCCN(CC)C2)c1CC. The zero-order valence-corrected chi connectivity index (χ0v) is 12.9. The third-order valence-electron chi connectivity index (χ3n) is 3.94. The van der Waals surface area contributed by atoms with Crippen molar-refractivity contribution >= 4 is 11.6 Å². The fourth-order valence-corrected chi connectivity index (χ4v) is 2.85. The monoisotopic (exact) mass is 277 g/mol. The second kappa shape index (κ2) is 7.43. The molecular formula is C15H27N5. The summed E-state index contributed by atoms with van der Waals surface area (Å²) in [4.78, 5) is 11.3. The Morgan fingerprint density at radius 2 is 2.05 bits per heavy atom. The molecule has 1 aromatic rings. The van der Waals surface area contributed by atoms with E-state index in [9.17, 15) is 0 Å². The number of piperidine rings is 1. The van der Waals surface area contributed by atoms with E-state index in [1.54, 1.807) is 6.33 Å². The van der Waals surface area contributed by atoms with Crippen LogP contribution in [0.4, 0.5) is 11.6 Å². The minimum Gasteiger partial charge on any atom is -0.370 e. The summed E-state index contributed by atoms with van der Waals surface area (Å²) in [5, 5.41) is 6.95. The third kappa shape index (κ3) is 3.60. The molecule has 1 unspecified atom stereocenters. The van der Waals surface area contributed by atoms with E-state index in [0.717, 1.165) is 37.7 Å². The molecule has 0 radical (unpaired) electrons. The number of nitrogens with one attached hydrogen (secondary N) is 2. The van der Waals surface area contributed by atoms with E-state index in [0.29, 0.717) is 6.04 Å². The van der Waals surface area contributed by atoms with Crippen molar-refractivity contribution in [1.29, 1.82) is 0 Å². The van der Waals surface area contributed by atoms with Crippen molar-refractivity contribution in [3.8, 4) is 0 Å². The van der Waals surface area contributed by atoms with Crippen LogP contribution in [0.5, 0.6) is 0 Å². The zero-order valence-electron chi connectivity index (χ0n) is 12.9. The molecule has 112 valence electrons. The van der Waals surface area contributed by atoms with Crippen LogP contribution < -0.4 is 10.6 Å². The first kappa shape index (κ1) is 15.0. The number of hydrogen-bond acceptors (Lipinski definition) is 5. The van der Waals surface area contributed by atoms with Crippen LogP contribution in [0.25, 0.3) is 0 Å². The summed E-state index contributed by atoms with van der Waals surface area (Å²) in [6.45, 7) is 10.8. The van der Waals surface area contributed by atoms with Gasteiger partial charge in [0.15, 0.2) is 0 Å². The number of nitrogens with zero attached hydrogens (tertiary/aromatic N) is 3. The number of rotatable bonds is 6. The predicted molar refractivity (Wildman–Crippen MR) is 84.3 cm³/mol. The van der Waals surface area contributed by atoms with Crippen molar-refractivity contribution in [2.45, 2.75) is 46.1 Å². The number of likely N-dealkylation sites (N-methyl/N-ethyl adjacent to an activating group) is 1. The van der Waals surface area contributed by atoms with Crippen LogP contribution in [0.2, 0.25) is 0 Å². The average molecular weight is 277 g/mol. The maximum Gasteiger partial charge on any atom is 0.134 e. The van der Waals surface area contributed by atoms with E-state index in [4.69, 9.17) is 0 Å². The minimum atomic E-state index is 0.498. The lowest BCUT2D eigenvalue weighted by Gasteiger charge is -2.33. The van der Waals surface area contributed by atoms with Gasteiger partial charge in [0, 0.05) is 24.7 Å². The van der Waals surface area contributed by atoms with Crippen LogP contribution >= 0.6 is 0 Å². The number of anilines is 2. The lowest BCUT2D eigenvalue weighted by molar-refractivity contribution is 0.226. The predicted octanol–water partition coefficient (Wildman–Crippen LogP) is 2.37. The molecule has 5 nitrogen and oxygen atoms in total. The van der Waals surface area contributed by atoms with Crippen LogP contribution in [0.3, 0.4) is 0 Å². The van der Waals surface area contributed by atoms with Gasteiger partial charge in [-0.2, -0.15) is 0 Å². The van der Waals surface area contributed by atoms with E-state index in [1.165, 1.54) is 24.9 Å². The molecule has 2 heterocycles. The van der Waals surface area contributed by atoms with Gasteiger partial charge < -0.3 is 15.5 Å². The van der Waals surface area contributed by atoms with Crippen molar-refractivity contribution in [1.82, 2.24) is 14.9 Å². The highest BCUT2D eigenvalue weighted by molar-refractivity contribution is 5.57. The Balaban J connectivity index is 2.10. The van der Waals surface area contributed by atoms with Crippen molar-refractivity contribution in [3.63, 3.8) is 0 Å². The number of aromatic nitrogens is 2. The van der Waals surface area contributed by atoms with Crippen LogP contribution in [-0.4, -0.2) is 47.1 Å². The molecule has 5 heteroatoms. The van der Waals surface area contributed by atoms with Gasteiger partial charge >= 0.3 is 0 Å². The highest BCUT2D eigenvalue weighted by atomic mass is 15.2. The van der Waals surface area contributed by atoms with Crippen LogP contribution in [0.1, 0.15) is 39.2 Å². The molecule has 0 bridgehead atoms. The van der Waals surface area contributed by atoms with E-state index < -0.39 is 0 Å². The van der Waals surface area contributed by atoms with E-state index in [-0.39, 0.29) is 0 Å². The summed E-state index contributed by atoms with van der Waals surface area (Å²) in [6.07, 6.45) is 5.08. The molecule has 1 saturated heterocycles. The van der Waals surface area contributed by atoms with Crippen molar-refractivity contribution in [2.24, 2.45) is 0 Å². The molecule has 1 aromatic heterocycles. The van der Waals surface area contributed by atoms with Crippen molar-refractivity contribution in [3.05, 3.63) is 11.9 Å². The summed E-state index contributed by atoms with van der Waals surface area (Å²) in [5.74, 6) is 1.97. The lowest BCUT2D eigenvalue weighted by Crippen LogP contribution is -2.42. The Labute approximate surface area is 122 Å². The molecule has 0 aliphatic carbocycles. The van der Waals surface area contributed by atoms with Gasteiger partial charge in [0.2, 0.25) is 0 Å². The molecule has 0 spiro atoms. The molecule has 2 N–H and O–H groups in total. The number of hydrogen-bond donors (Lipinski definition) is 2. The second-order valence-electron chi connectivity index (χ2n) is 5.31. The van der Waals surface area contributed by atoms with Crippen LogP contribution in [-0.2, 0) is 6.42 Å². The third-order valence-corrected chi connectivity index (χ3v) is 3.94. The van der Waals surface area contributed by atoms with Gasteiger partial charge in [-0.25, -0.2) is 9.97 Å². The fourth-order valence-electron chi connectivity index (χ4n) is 2.85. The van der Waals surface area contributed by atoms with Gasteiger partial charge in [0.1, 0.15) is 18.0 Å². The summed E-state index contributed by atoms with van der Waals surface area (Å²) in [7, 11) is 0. The van der Waals surface area contributed by atoms with Crippen molar-refractivity contribution in [2.75, 3.05) is 36.8 Å². The Bertz CT molecular complexity index is 421. The summed E-state index contributed by atoms with van der Waals surface area (Å²) in [5.41, 5.74) is 1.20. The quantitative estimate of drug-likeness (QED) is 0.836. The Kier molecular flexibility index (Phi) is 5.59. The average Bonchev–Trinajstić information content (AvgIpc) is 2.48. The largest absolute Gasteiger partial charge is 0.370 e. The first-order chi connectivity index (χ1) is 9.78. The second-order valence-corrected chi connectivity index (χ2v) is 5.31. The highest BCUT2D eigenvalue weighted by Gasteiger charge is 2.20. The summed E-state index contributed by atoms with van der Waals surface area (Å²) in [6, 6.07) is 0.498. The van der Waals surface area contributed by atoms with E-state index in [2.05, 4.69) is 46.3 Å². The van der Waals surface area contributed by atoms with Crippen LogP contribution in [0, 0.1) is 0 Å². The Morgan fingerprint density at radius 3 is 2.75 bits per heavy atom. The molecule has 1 atom stereocenters. The zero-order chi connectivity index (χ0) is 14.4. The summed E-state index contributed by atoms with van der Waals surface area (Å²) < 4.78 is 0. The molecule has 1 aliphatic rings. The molecular weight excluding hydrogens is 250 g/mol. The molecule has 1 aliphatic heterocycles. The lowest BCUT2D eigenvalue weighted by atomic mass is 10.1. The number of likely N-dealkylation sites (tertiary alicyclic amines) is 1. The molecule has 0 saturated carbocycles. The van der Waals surface area contributed by atoms with Gasteiger partial charge in [-0.15, -0.1) is 0 Å². The van der Waals surface area contributed by atoms with Crippen LogP contribution in [0.15, 0.2) is 6.33 Å².